The van der Waals surface area contributed by atoms with Crippen LogP contribution in [0.25, 0.3) is 6.08 Å². The van der Waals surface area contributed by atoms with Crippen LogP contribution in [0.5, 0.6) is 11.5 Å². The fourth-order valence-corrected chi connectivity index (χ4v) is 2.97. The number of carbonyl (C=O) groups excluding carboxylic acids is 2. The van der Waals surface area contributed by atoms with Crippen LogP contribution in [0, 0.1) is 18.3 Å². The van der Waals surface area contributed by atoms with Crippen molar-refractivity contribution in [1.29, 1.82) is 5.26 Å². The predicted molar refractivity (Wildman–Crippen MR) is 132 cm³/mol. The van der Waals surface area contributed by atoms with E-state index in [9.17, 15) is 14.9 Å². The highest BCUT2D eigenvalue weighted by atomic mass is 16.5. The second kappa shape index (κ2) is 12.0. The Bertz CT molecular complexity index is 1190. The van der Waals surface area contributed by atoms with Gasteiger partial charge in [0.1, 0.15) is 23.1 Å². The summed E-state index contributed by atoms with van der Waals surface area (Å²) in [5.74, 6) is -0.0833. The number of anilines is 1. The Morgan fingerprint density at radius 1 is 0.941 bits per heavy atom. The molecule has 0 atom stereocenters. The third-order valence-electron chi connectivity index (χ3n) is 4.93. The van der Waals surface area contributed by atoms with Crippen LogP contribution >= 0.6 is 0 Å². The molecule has 0 spiro atoms. The van der Waals surface area contributed by atoms with Gasteiger partial charge in [-0.1, -0.05) is 43.2 Å². The van der Waals surface area contributed by atoms with Crippen LogP contribution in [0.2, 0.25) is 0 Å². The van der Waals surface area contributed by atoms with Gasteiger partial charge in [-0.2, -0.15) is 5.26 Å². The number of aryl methyl sites for hydroxylation is 1. The van der Waals surface area contributed by atoms with E-state index in [1.54, 1.807) is 36.4 Å². The number of hydrogen-bond acceptors (Lipinski definition) is 5. The molecule has 6 nitrogen and oxygen atoms in total. The zero-order chi connectivity index (χ0) is 24.3. The topological polar surface area (TPSA) is 88.4 Å². The van der Waals surface area contributed by atoms with Crippen LogP contribution < -0.4 is 14.8 Å². The van der Waals surface area contributed by atoms with E-state index in [0.29, 0.717) is 23.4 Å². The maximum absolute atomic E-state index is 12.5. The van der Waals surface area contributed by atoms with Crippen molar-refractivity contribution in [2.24, 2.45) is 0 Å². The zero-order valence-electron chi connectivity index (χ0n) is 19.2. The molecule has 0 heterocycles. The molecular weight excluding hydrogens is 428 g/mol. The number of nitrogens with zero attached hydrogens (tertiary/aromatic N) is 1. The van der Waals surface area contributed by atoms with Gasteiger partial charge in [-0.15, -0.1) is 0 Å². The molecule has 3 aromatic rings. The molecule has 0 saturated heterocycles. The van der Waals surface area contributed by atoms with Crippen molar-refractivity contribution >= 4 is 23.6 Å². The van der Waals surface area contributed by atoms with Crippen molar-refractivity contribution < 1.29 is 19.1 Å². The molecule has 0 aliphatic carbocycles. The minimum atomic E-state index is -0.775. The van der Waals surface area contributed by atoms with Gasteiger partial charge >= 0.3 is 5.97 Å². The molecule has 0 radical (unpaired) electrons. The van der Waals surface area contributed by atoms with Gasteiger partial charge < -0.3 is 14.8 Å². The van der Waals surface area contributed by atoms with E-state index in [2.05, 4.69) is 12.2 Å². The van der Waals surface area contributed by atoms with Crippen molar-refractivity contribution in [1.82, 2.24) is 0 Å². The lowest BCUT2D eigenvalue weighted by molar-refractivity contribution is -0.129. The average molecular weight is 455 g/mol. The summed E-state index contributed by atoms with van der Waals surface area (Å²) in [6.45, 7) is 4.71. The van der Waals surface area contributed by atoms with Gasteiger partial charge in [0.05, 0.1) is 6.61 Å². The molecule has 0 bridgehead atoms. The van der Waals surface area contributed by atoms with Gasteiger partial charge in [0.15, 0.2) is 0 Å². The molecule has 172 valence electrons. The summed E-state index contributed by atoms with van der Waals surface area (Å²) in [5.41, 5.74) is 2.75. The number of nitrogens with one attached hydrogen (secondary N) is 1. The fraction of sp³-hybridized carbons (Fsp3) is 0.179. The van der Waals surface area contributed by atoms with Gasteiger partial charge in [-0.3, -0.25) is 4.79 Å². The van der Waals surface area contributed by atoms with Crippen LogP contribution in [0.1, 0.15) is 41.3 Å². The predicted octanol–water partition coefficient (Wildman–Crippen LogP) is 5.94. The molecule has 0 saturated carbocycles. The van der Waals surface area contributed by atoms with Crippen LogP contribution in [-0.2, 0) is 4.79 Å². The van der Waals surface area contributed by atoms with E-state index >= 15 is 0 Å². The van der Waals surface area contributed by atoms with Gasteiger partial charge in [-0.25, -0.2) is 4.79 Å². The number of esters is 1. The lowest BCUT2D eigenvalue weighted by atomic mass is 10.1. The first-order valence-corrected chi connectivity index (χ1v) is 11.0. The van der Waals surface area contributed by atoms with E-state index in [1.165, 1.54) is 18.2 Å². The molecule has 6 heteroatoms. The molecule has 0 fully saturated rings. The zero-order valence-corrected chi connectivity index (χ0v) is 19.2. The molecule has 1 amide bonds. The van der Waals surface area contributed by atoms with Crippen LogP contribution in [0.4, 0.5) is 5.69 Å². The number of hydrogen-bond donors (Lipinski definition) is 1. The minimum absolute atomic E-state index is 0.138. The van der Waals surface area contributed by atoms with Crippen molar-refractivity contribution in [3.63, 3.8) is 0 Å². The Hall–Kier alpha value is -4.37. The van der Waals surface area contributed by atoms with Crippen molar-refractivity contribution in [3.05, 3.63) is 95.1 Å². The summed E-state index contributed by atoms with van der Waals surface area (Å²) >= 11 is 0. The van der Waals surface area contributed by atoms with Gasteiger partial charge in [0.2, 0.25) is 0 Å². The molecule has 0 aliphatic heterocycles. The van der Waals surface area contributed by atoms with E-state index in [-0.39, 0.29) is 17.2 Å². The highest BCUT2D eigenvalue weighted by molar-refractivity contribution is 6.04. The van der Waals surface area contributed by atoms with Crippen LogP contribution in [-0.4, -0.2) is 18.5 Å². The number of rotatable bonds is 9. The highest BCUT2D eigenvalue weighted by Crippen LogP contribution is 2.18. The van der Waals surface area contributed by atoms with Crippen molar-refractivity contribution in [2.45, 2.75) is 26.7 Å². The first-order chi connectivity index (χ1) is 16.5. The number of amides is 1. The van der Waals surface area contributed by atoms with Crippen LogP contribution in [0.3, 0.4) is 0 Å². The summed E-state index contributed by atoms with van der Waals surface area (Å²) in [6.07, 6.45) is 3.49. The molecule has 1 N–H and O–H groups in total. The van der Waals surface area contributed by atoms with Crippen LogP contribution in [0.15, 0.2) is 78.4 Å². The smallest absolute Gasteiger partial charge is 0.354 e. The second-order valence-corrected chi connectivity index (χ2v) is 7.67. The molecule has 34 heavy (non-hydrogen) atoms. The van der Waals surface area contributed by atoms with E-state index in [4.69, 9.17) is 9.47 Å². The lowest BCUT2D eigenvalue weighted by Gasteiger charge is -2.07. The van der Waals surface area contributed by atoms with Gasteiger partial charge in [0, 0.05) is 11.3 Å². The van der Waals surface area contributed by atoms with Crippen molar-refractivity contribution in [2.75, 3.05) is 11.9 Å². The molecule has 0 aromatic heterocycles. The average Bonchev–Trinajstić information content (AvgIpc) is 2.85. The number of unbranched alkanes of at least 4 members (excludes halogenated alkanes) is 1. The highest BCUT2D eigenvalue weighted by Gasteiger charge is 2.13. The summed E-state index contributed by atoms with van der Waals surface area (Å²) in [5, 5.41) is 12.2. The Labute approximate surface area is 199 Å². The minimum Gasteiger partial charge on any atom is -0.494 e. The van der Waals surface area contributed by atoms with Gasteiger partial charge in [0.25, 0.3) is 5.91 Å². The van der Waals surface area contributed by atoms with E-state index in [1.807, 2.05) is 37.3 Å². The molecular formula is C28H26N2O4. The number of carbonyl (C=O) groups is 2. The van der Waals surface area contributed by atoms with Gasteiger partial charge in [-0.05, 0) is 73.5 Å². The number of benzene rings is 3. The molecule has 3 aromatic carbocycles. The Balaban J connectivity index is 1.60. The summed E-state index contributed by atoms with van der Waals surface area (Å²) in [4.78, 5) is 24.9. The number of ether oxygens (including phenoxy) is 2. The Kier molecular flexibility index (Phi) is 8.59. The monoisotopic (exact) mass is 454 g/mol. The molecule has 3 rings (SSSR count). The Morgan fingerprint density at radius 3 is 2.21 bits per heavy atom. The SMILES string of the molecule is CCCCOc1ccc(/C=C(\C#N)C(=O)Oc2ccc(C(=O)Nc3ccc(C)cc3)cc2)cc1. The van der Waals surface area contributed by atoms with Crippen molar-refractivity contribution in [3.8, 4) is 17.6 Å². The number of nitriles is 1. The standard InChI is InChI=1S/C28H26N2O4/c1-3-4-17-33-25-13-7-21(8-14-25)18-23(19-29)28(32)34-26-15-9-22(10-16-26)27(31)30-24-11-5-20(2)6-12-24/h5-16,18H,3-4,17H2,1-2H3,(H,30,31)/b23-18+. The normalized spacial score (nSPS) is 10.8. The first kappa shape index (κ1) is 24.3. The van der Waals surface area contributed by atoms with E-state index in [0.717, 1.165) is 24.2 Å². The summed E-state index contributed by atoms with van der Waals surface area (Å²) < 4.78 is 10.9. The summed E-state index contributed by atoms with van der Waals surface area (Å²) in [7, 11) is 0. The largest absolute Gasteiger partial charge is 0.494 e. The molecule has 0 unspecified atom stereocenters. The first-order valence-electron chi connectivity index (χ1n) is 11.0. The van der Waals surface area contributed by atoms with E-state index < -0.39 is 5.97 Å². The summed E-state index contributed by atoms with van der Waals surface area (Å²) in [6, 6.07) is 22.6. The third kappa shape index (κ3) is 7.07. The fourth-order valence-electron chi connectivity index (χ4n) is 2.97. The lowest BCUT2D eigenvalue weighted by Crippen LogP contribution is -2.12. The maximum atomic E-state index is 12.5. The second-order valence-electron chi connectivity index (χ2n) is 7.67. The molecule has 0 aliphatic rings. The third-order valence-corrected chi connectivity index (χ3v) is 4.93. The Morgan fingerprint density at radius 2 is 1.59 bits per heavy atom. The quantitative estimate of drug-likeness (QED) is 0.142. The maximum Gasteiger partial charge on any atom is 0.354 e.